The summed E-state index contributed by atoms with van der Waals surface area (Å²) in [5.41, 5.74) is 6.05. The van der Waals surface area contributed by atoms with E-state index in [2.05, 4.69) is 19.9 Å². The van der Waals surface area contributed by atoms with Crippen molar-refractivity contribution in [2.45, 2.75) is 0 Å². The molecule has 1 aromatic carbocycles. The van der Waals surface area contributed by atoms with Crippen LogP contribution in [-0.4, -0.2) is 39.1 Å². The molecule has 10 nitrogen and oxygen atoms in total. The summed E-state index contributed by atoms with van der Waals surface area (Å²) in [6.45, 7) is 0. The largest absolute Gasteiger partial charge is 0.493 e. The van der Waals surface area contributed by atoms with Crippen LogP contribution in [-0.2, 0) is 0 Å². The van der Waals surface area contributed by atoms with Crippen LogP contribution >= 0.6 is 0 Å². The van der Waals surface area contributed by atoms with Gasteiger partial charge in [-0.05, 0) is 6.07 Å². The molecule has 0 aliphatic carbocycles. The molecule has 0 saturated heterocycles. The molecular formula is C14H12N6O4. The molecule has 2 aromatic heterocycles. The van der Waals surface area contributed by atoms with Crippen molar-refractivity contribution in [3.8, 4) is 22.9 Å². The van der Waals surface area contributed by atoms with Gasteiger partial charge in [0.1, 0.15) is 18.2 Å². The van der Waals surface area contributed by atoms with Gasteiger partial charge in [-0.2, -0.15) is 0 Å². The Bertz CT molecular complexity index is 946. The summed E-state index contributed by atoms with van der Waals surface area (Å²) in [4.78, 5) is 26.6. The van der Waals surface area contributed by atoms with Crippen LogP contribution in [0.4, 0.5) is 11.6 Å². The maximum Gasteiger partial charge on any atom is 0.315 e. The highest BCUT2D eigenvalue weighted by Gasteiger charge is 2.22. The molecule has 0 fully saturated rings. The normalized spacial score (nSPS) is 10.6. The smallest absolute Gasteiger partial charge is 0.315 e. The molecule has 2 heterocycles. The molecule has 3 rings (SSSR count). The van der Waals surface area contributed by atoms with Crippen molar-refractivity contribution in [3.05, 3.63) is 34.8 Å². The molecule has 0 unspecified atom stereocenters. The van der Waals surface area contributed by atoms with Crippen LogP contribution in [0.25, 0.3) is 22.3 Å². The third-order valence-electron chi connectivity index (χ3n) is 3.35. The third kappa shape index (κ3) is 2.49. The predicted molar refractivity (Wildman–Crippen MR) is 84.7 cm³/mol. The number of nitrogen functional groups attached to an aromatic ring is 1. The molecule has 24 heavy (non-hydrogen) atoms. The average molecular weight is 328 g/mol. The summed E-state index contributed by atoms with van der Waals surface area (Å²) in [5, 5.41) is 11.8. The molecule has 0 spiro atoms. The molecule has 0 amide bonds. The fourth-order valence-corrected chi connectivity index (χ4v) is 2.27. The van der Waals surface area contributed by atoms with Crippen LogP contribution in [0, 0.1) is 10.1 Å². The van der Waals surface area contributed by atoms with E-state index in [0.717, 1.165) is 6.20 Å². The van der Waals surface area contributed by atoms with E-state index in [1.165, 1.54) is 20.5 Å². The maximum atomic E-state index is 11.3. The first kappa shape index (κ1) is 15.3. The highest BCUT2D eigenvalue weighted by Crippen LogP contribution is 2.36. The second-order valence-electron chi connectivity index (χ2n) is 4.67. The molecule has 0 aliphatic rings. The number of benzene rings is 1. The molecule has 3 aromatic rings. The monoisotopic (exact) mass is 328 g/mol. The van der Waals surface area contributed by atoms with E-state index in [0.29, 0.717) is 22.4 Å². The number of nitro groups is 1. The minimum absolute atomic E-state index is 0.00659. The Kier molecular flexibility index (Phi) is 3.78. The number of methoxy groups -OCH3 is 2. The van der Waals surface area contributed by atoms with Crippen LogP contribution in [0.1, 0.15) is 0 Å². The minimum atomic E-state index is -0.594. The predicted octanol–water partition coefficient (Wildman–Crippen LogP) is 1.59. The lowest BCUT2D eigenvalue weighted by Gasteiger charge is -2.10. The van der Waals surface area contributed by atoms with Gasteiger partial charge >= 0.3 is 5.69 Å². The molecule has 2 N–H and O–H groups in total. The highest BCUT2D eigenvalue weighted by molar-refractivity contribution is 5.95. The van der Waals surface area contributed by atoms with Gasteiger partial charge in [0.2, 0.25) is 5.95 Å². The highest BCUT2D eigenvalue weighted by atomic mass is 16.6. The average Bonchev–Trinajstić information content (AvgIpc) is 2.59. The van der Waals surface area contributed by atoms with E-state index in [-0.39, 0.29) is 23.0 Å². The summed E-state index contributed by atoms with van der Waals surface area (Å²) in [5.74, 6) is 0.819. The third-order valence-corrected chi connectivity index (χ3v) is 3.35. The zero-order chi connectivity index (χ0) is 17.3. The Balaban J connectivity index is 2.35. The van der Waals surface area contributed by atoms with Gasteiger partial charge in [0.15, 0.2) is 17.2 Å². The number of rotatable bonds is 4. The SMILES string of the molecule is COc1cc2ncnc(-c3nc(N)ncc3[N+](=O)[O-])c2cc1OC. The zero-order valence-corrected chi connectivity index (χ0v) is 12.8. The summed E-state index contributed by atoms with van der Waals surface area (Å²) >= 11 is 0. The Morgan fingerprint density at radius 1 is 1.08 bits per heavy atom. The molecule has 0 bridgehead atoms. The lowest BCUT2D eigenvalue weighted by molar-refractivity contribution is -0.384. The second-order valence-corrected chi connectivity index (χ2v) is 4.67. The number of anilines is 1. The maximum absolute atomic E-state index is 11.3. The van der Waals surface area contributed by atoms with Crippen LogP contribution < -0.4 is 15.2 Å². The van der Waals surface area contributed by atoms with Crippen molar-refractivity contribution in [1.82, 2.24) is 19.9 Å². The first-order valence-electron chi connectivity index (χ1n) is 6.69. The van der Waals surface area contributed by atoms with E-state index in [1.807, 2.05) is 0 Å². The standard InChI is InChI=1S/C14H12N6O4/c1-23-10-3-7-8(4-11(10)24-2)17-6-18-12(7)13-9(20(21)22)5-16-14(15)19-13/h3-6H,1-2H3,(H2,15,16,19). The second kappa shape index (κ2) is 5.91. The Morgan fingerprint density at radius 3 is 2.46 bits per heavy atom. The summed E-state index contributed by atoms with van der Waals surface area (Å²) in [6.07, 6.45) is 2.33. The Labute approximate surface area is 135 Å². The number of nitrogens with two attached hydrogens (primary N) is 1. The molecule has 0 atom stereocenters. The molecule has 0 saturated carbocycles. The summed E-state index contributed by atoms with van der Waals surface area (Å²) in [6, 6.07) is 3.28. The number of ether oxygens (including phenoxy) is 2. The van der Waals surface area contributed by atoms with Gasteiger partial charge in [0.25, 0.3) is 0 Å². The van der Waals surface area contributed by atoms with E-state index < -0.39 is 4.92 Å². The molecular weight excluding hydrogens is 316 g/mol. The lowest BCUT2D eigenvalue weighted by atomic mass is 10.1. The number of hydrogen-bond acceptors (Lipinski definition) is 9. The van der Waals surface area contributed by atoms with Gasteiger partial charge in [-0.1, -0.05) is 0 Å². The fourth-order valence-electron chi connectivity index (χ4n) is 2.27. The number of fused-ring (bicyclic) bond motifs is 1. The topological polar surface area (TPSA) is 139 Å². The van der Waals surface area contributed by atoms with Crippen molar-refractivity contribution in [2.24, 2.45) is 0 Å². The lowest BCUT2D eigenvalue weighted by Crippen LogP contribution is -2.03. The van der Waals surface area contributed by atoms with E-state index in [4.69, 9.17) is 15.2 Å². The van der Waals surface area contributed by atoms with E-state index in [1.54, 1.807) is 12.1 Å². The van der Waals surface area contributed by atoms with Crippen LogP contribution in [0.5, 0.6) is 11.5 Å². The minimum Gasteiger partial charge on any atom is -0.493 e. The number of hydrogen-bond donors (Lipinski definition) is 1. The van der Waals surface area contributed by atoms with E-state index in [9.17, 15) is 10.1 Å². The summed E-state index contributed by atoms with van der Waals surface area (Å²) in [7, 11) is 2.99. The first-order chi connectivity index (χ1) is 11.5. The number of aromatic nitrogens is 4. The molecule has 122 valence electrons. The fraction of sp³-hybridized carbons (Fsp3) is 0.143. The van der Waals surface area contributed by atoms with Crippen molar-refractivity contribution in [1.29, 1.82) is 0 Å². The Hall–Kier alpha value is -3.56. The number of nitrogens with zero attached hydrogens (tertiary/aromatic N) is 5. The van der Waals surface area contributed by atoms with Crippen molar-refractivity contribution in [2.75, 3.05) is 20.0 Å². The van der Waals surface area contributed by atoms with Crippen LogP contribution in [0.2, 0.25) is 0 Å². The van der Waals surface area contributed by atoms with Crippen molar-refractivity contribution in [3.63, 3.8) is 0 Å². The van der Waals surface area contributed by atoms with Gasteiger partial charge in [0.05, 0.1) is 24.7 Å². The van der Waals surface area contributed by atoms with Crippen molar-refractivity contribution < 1.29 is 14.4 Å². The van der Waals surface area contributed by atoms with Gasteiger partial charge in [0, 0.05) is 11.5 Å². The van der Waals surface area contributed by atoms with Crippen LogP contribution in [0.3, 0.4) is 0 Å². The molecule has 0 aliphatic heterocycles. The Morgan fingerprint density at radius 2 is 1.79 bits per heavy atom. The van der Waals surface area contributed by atoms with E-state index >= 15 is 0 Å². The van der Waals surface area contributed by atoms with Crippen molar-refractivity contribution >= 4 is 22.5 Å². The van der Waals surface area contributed by atoms with Gasteiger partial charge < -0.3 is 15.2 Å². The van der Waals surface area contributed by atoms with Gasteiger partial charge in [-0.15, -0.1) is 0 Å². The summed E-state index contributed by atoms with van der Waals surface area (Å²) < 4.78 is 10.5. The quantitative estimate of drug-likeness (QED) is 0.558. The molecule has 0 radical (unpaired) electrons. The van der Waals surface area contributed by atoms with Crippen LogP contribution in [0.15, 0.2) is 24.7 Å². The zero-order valence-electron chi connectivity index (χ0n) is 12.8. The first-order valence-corrected chi connectivity index (χ1v) is 6.69. The van der Waals surface area contributed by atoms with Gasteiger partial charge in [-0.3, -0.25) is 10.1 Å². The van der Waals surface area contributed by atoms with Gasteiger partial charge in [-0.25, -0.2) is 19.9 Å². The molecule has 10 heteroatoms.